The highest BCUT2D eigenvalue weighted by Crippen LogP contribution is 2.25. The Morgan fingerprint density at radius 2 is 2.04 bits per heavy atom. The lowest BCUT2D eigenvalue weighted by Crippen LogP contribution is -2.54. The van der Waals surface area contributed by atoms with Gasteiger partial charge in [0.2, 0.25) is 0 Å². The van der Waals surface area contributed by atoms with Crippen LogP contribution in [0.2, 0.25) is 5.02 Å². The van der Waals surface area contributed by atoms with Crippen LogP contribution >= 0.6 is 39.7 Å². The third-order valence-corrected chi connectivity index (χ3v) is 3.99. The normalized spacial score (nSPS) is 16.9. The Labute approximate surface area is 150 Å². The van der Waals surface area contributed by atoms with Crippen LogP contribution in [0.25, 0.3) is 6.08 Å². The number of carbonyl (C=O) groups excluding carboxylic acids is 2. The second-order valence-corrected chi connectivity index (χ2v) is 6.18. The fourth-order valence-electron chi connectivity index (χ4n) is 2.06. The van der Waals surface area contributed by atoms with E-state index in [-0.39, 0.29) is 10.7 Å². The molecule has 5 nitrogen and oxygen atoms in total. The maximum absolute atomic E-state index is 12.7. The molecule has 0 radical (unpaired) electrons. The second-order valence-electron chi connectivity index (χ2n) is 4.58. The smallest absolute Gasteiger partial charge is 0.270 e. The van der Waals surface area contributed by atoms with Crippen molar-refractivity contribution in [3.8, 4) is 0 Å². The lowest BCUT2D eigenvalue weighted by atomic mass is 10.1. The second kappa shape index (κ2) is 6.27. The van der Waals surface area contributed by atoms with Gasteiger partial charge in [0, 0.05) is 5.02 Å². The number of amides is 2. The van der Waals surface area contributed by atoms with Gasteiger partial charge in [0.15, 0.2) is 9.78 Å². The van der Waals surface area contributed by atoms with E-state index in [1.807, 2.05) is 0 Å². The molecule has 1 fully saturated rings. The molecule has 23 heavy (non-hydrogen) atoms. The lowest BCUT2D eigenvalue weighted by molar-refractivity contribution is -0.122. The van der Waals surface area contributed by atoms with E-state index in [9.17, 15) is 9.59 Å². The van der Waals surface area contributed by atoms with E-state index < -0.39 is 11.8 Å². The first kappa shape index (κ1) is 15.9. The number of benzene rings is 1. The van der Waals surface area contributed by atoms with Gasteiger partial charge in [0.25, 0.3) is 11.8 Å². The largest absolute Gasteiger partial charge is 0.450 e. The Balaban J connectivity index is 2.02. The van der Waals surface area contributed by atoms with Gasteiger partial charge in [-0.25, -0.2) is 0 Å². The van der Waals surface area contributed by atoms with Crippen LogP contribution in [0.1, 0.15) is 5.76 Å². The molecule has 8 heteroatoms. The van der Waals surface area contributed by atoms with Gasteiger partial charge < -0.3 is 4.42 Å². The highest BCUT2D eigenvalue weighted by Gasteiger charge is 2.34. The number of carbonyl (C=O) groups is 2. The molecule has 1 aromatic heterocycles. The van der Waals surface area contributed by atoms with E-state index in [1.54, 1.807) is 36.4 Å². The maximum Gasteiger partial charge on any atom is 0.270 e. The van der Waals surface area contributed by atoms with Crippen molar-refractivity contribution in [2.75, 3.05) is 4.90 Å². The fourth-order valence-corrected chi connectivity index (χ4v) is 2.84. The number of anilines is 1. The summed E-state index contributed by atoms with van der Waals surface area (Å²) in [5, 5.41) is 2.94. The highest BCUT2D eigenvalue weighted by molar-refractivity contribution is 9.10. The van der Waals surface area contributed by atoms with Crippen LogP contribution in [0.3, 0.4) is 0 Å². The average Bonchev–Trinajstić information content (AvgIpc) is 2.89. The fraction of sp³-hybridized carbons (Fsp3) is 0. The van der Waals surface area contributed by atoms with Crippen molar-refractivity contribution in [1.82, 2.24) is 5.32 Å². The SMILES string of the molecule is O=C1NC(=S)N(c2cccc(Cl)c2)C(=O)C1=Cc1ccc(Br)o1. The lowest BCUT2D eigenvalue weighted by Gasteiger charge is -2.28. The number of halogens is 2. The molecule has 1 aliphatic heterocycles. The van der Waals surface area contributed by atoms with Gasteiger partial charge in [-0.2, -0.15) is 0 Å². The van der Waals surface area contributed by atoms with Crippen LogP contribution in [-0.4, -0.2) is 16.9 Å². The molecule has 2 aromatic rings. The molecule has 2 heterocycles. The van der Waals surface area contributed by atoms with Crippen LogP contribution in [-0.2, 0) is 9.59 Å². The van der Waals surface area contributed by atoms with E-state index in [0.717, 1.165) is 0 Å². The van der Waals surface area contributed by atoms with Crippen molar-refractivity contribution in [2.45, 2.75) is 0 Å². The molecule has 2 amide bonds. The van der Waals surface area contributed by atoms with Crippen LogP contribution in [0.4, 0.5) is 5.69 Å². The third-order valence-electron chi connectivity index (χ3n) is 3.05. The van der Waals surface area contributed by atoms with Gasteiger partial charge in [0.1, 0.15) is 11.3 Å². The third kappa shape index (κ3) is 3.21. The number of hydrogen-bond acceptors (Lipinski definition) is 4. The number of rotatable bonds is 2. The van der Waals surface area contributed by atoms with Gasteiger partial charge in [-0.3, -0.25) is 19.8 Å². The zero-order valence-corrected chi connectivity index (χ0v) is 14.5. The molecule has 0 bridgehead atoms. The summed E-state index contributed by atoms with van der Waals surface area (Å²) in [5.41, 5.74) is 0.388. The van der Waals surface area contributed by atoms with Crippen molar-refractivity contribution in [2.24, 2.45) is 0 Å². The monoisotopic (exact) mass is 410 g/mol. The van der Waals surface area contributed by atoms with Crippen LogP contribution < -0.4 is 10.2 Å². The molecule has 0 atom stereocenters. The quantitative estimate of drug-likeness (QED) is 0.466. The zero-order valence-electron chi connectivity index (χ0n) is 11.4. The summed E-state index contributed by atoms with van der Waals surface area (Å²) in [5.74, 6) is -0.756. The van der Waals surface area contributed by atoms with Crippen LogP contribution in [0.15, 0.2) is 51.1 Å². The van der Waals surface area contributed by atoms with E-state index in [1.165, 1.54) is 11.0 Å². The minimum Gasteiger partial charge on any atom is -0.450 e. The standard InChI is InChI=1S/C15H8BrClN2O3S/c16-12-5-4-10(22-12)7-11-13(20)18-15(23)19(14(11)21)9-3-1-2-8(17)6-9/h1-7H,(H,18,20,23). The summed E-state index contributed by atoms with van der Waals surface area (Å²) in [4.78, 5) is 26.0. The van der Waals surface area contributed by atoms with Gasteiger partial charge in [-0.15, -0.1) is 0 Å². The molecule has 3 rings (SSSR count). The van der Waals surface area contributed by atoms with Crippen molar-refractivity contribution in [3.05, 3.63) is 57.4 Å². The number of hydrogen-bond donors (Lipinski definition) is 1. The van der Waals surface area contributed by atoms with E-state index in [0.29, 0.717) is 21.1 Å². The molecular weight excluding hydrogens is 404 g/mol. The Bertz CT molecular complexity index is 862. The Hall–Kier alpha value is -1.96. The minimum absolute atomic E-state index is 0.0000390. The number of furan rings is 1. The Morgan fingerprint density at radius 1 is 1.26 bits per heavy atom. The first-order valence-electron chi connectivity index (χ1n) is 6.38. The first-order valence-corrected chi connectivity index (χ1v) is 7.96. The number of nitrogens with zero attached hydrogens (tertiary/aromatic N) is 1. The van der Waals surface area contributed by atoms with Crippen molar-refractivity contribution >= 4 is 68.4 Å². The Morgan fingerprint density at radius 3 is 2.70 bits per heavy atom. The minimum atomic E-state index is -0.578. The predicted molar refractivity (Wildman–Crippen MR) is 94.1 cm³/mol. The van der Waals surface area contributed by atoms with Crippen LogP contribution in [0.5, 0.6) is 0 Å². The molecular formula is C15H8BrClN2O3S. The van der Waals surface area contributed by atoms with Gasteiger partial charge in [0.05, 0.1) is 5.69 Å². The summed E-state index contributed by atoms with van der Waals surface area (Å²) >= 11 is 14.2. The Kier molecular flexibility index (Phi) is 4.34. The van der Waals surface area contributed by atoms with Gasteiger partial charge in [-0.1, -0.05) is 17.7 Å². The number of nitrogens with one attached hydrogen (secondary N) is 1. The summed E-state index contributed by atoms with van der Waals surface area (Å²) in [6.07, 6.45) is 1.36. The topological polar surface area (TPSA) is 62.6 Å². The molecule has 1 aromatic carbocycles. The summed E-state index contributed by atoms with van der Waals surface area (Å²) in [7, 11) is 0. The van der Waals surface area contributed by atoms with E-state index >= 15 is 0 Å². The highest BCUT2D eigenvalue weighted by atomic mass is 79.9. The van der Waals surface area contributed by atoms with Crippen molar-refractivity contribution < 1.29 is 14.0 Å². The van der Waals surface area contributed by atoms with Gasteiger partial charge >= 0.3 is 0 Å². The average molecular weight is 412 g/mol. The van der Waals surface area contributed by atoms with Gasteiger partial charge in [-0.05, 0) is 64.6 Å². The molecule has 1 saturated heterocycles. The molecule has 116 valence electrons. The summed E-state index contributed by atoms with van der Waals surface area (Å²) < 4.78 is 5.80. The molecule has 0 saturated carbocycles. The van der Waals surface area contributed by atoms with Crippen molar-refractivity contribution in [1.29, 1.82) is 0 Å². The van der Waals surface area contributed by atoms with Crippen LogP contribution in [0, 0.1) is 0 Å². The molecule has 0 unspecified atom stereocenters. The molecule has 0 aliphatic carbocycles. The molecule has 1 N–H and O–H groups in total. The zero-order chi connectivity index (χ0) is 16.6. The first-order chi connectivity index (χ1) is 11.0. The molecule has 1 aliphatic rings. The summed E-state index contributed by atoms with van der Waals surface area (Å²) in [6.45, 7) is 0. The maximum atomic E-state index is 12.7. The van der Waals surface area contributed by atoms with E-state index in [2.05, 4.69) is 21.2 Å². The van der Waals surface area contributed by atoms with Crippen molar-refractivity contribution in [3.63, 3.8) is 0 Å². The van der Waals surface area contributed by atoms with E-state index in [4.69, 9.17) is 28.2 Å². The summed E-state index contributed by atoms with van der Waals surface area (Å²) in [6, 6.07) is 9.93. The number of thiocarbonyl (C=S) groups is 1. The molecule has 0 spiro atoms. The predicted octanol–water partition coefficient (Wildman–Crippen LogP) is 3.53.